The first-order chi connectivity index (χ1) is 9.47. The van der Waals surface area contributed by atoms with Gasteiger partial charge in [0.25, 0.3) is 0 Å². The van der Waals surface area contributed by atoms with Crippen LogP contribution in [-0.4, -0.2) is 15.0 Å². The summed E-state index contributed by atoms with van der Waals surface area (Å²) in [4.78, 5) is 14.0. The van der Waals surface area contributed by atoms with E-state index < -0.39 is 0 Å². The van der Waals surface area contributed by atoms with Gasteiger partial charge in [-0.2, -0.15) is 0 Å². The molecule has 0 spiro atoms. The zero-order valence-corrected chi connectivity index (χ0v) is 12.7. The van der Waals surface area contributed by atoms with Crippen LogP contribution >= 0.6 is 22.9 Å². The normalized spacial score (nSPS) is 11.2. The summed E-state index contributed by atoms with van der Waals surface area (Å²) in [6.45, 7) is 5.52. The van der Waals surface area contributed by atoms with E-state index in [4.69, 9.17) is 11.6 Å². The van der Waals surface area contributed by atoms with E-state index in [1.807, 2.05) is 13.8 Å². The van der Waals surface area contributed by atoms with Gasteiger partial charge in [-0.25, -0.2) is 19.3 Å². The molecule has 0 fully saturated rings. The van der Waals surface area contributed by atoms with Crippen LogP contribution in [0.1, 0.15) is 16.3 Å². The Morgan fingerprint density at radius 2 is 1.85 bits per heavy atom. The molecule has 0 saturated carbocycles. The fourth-order valence-corrected chi connectivity index (χ4v) is 3.20. The molecule has 0 aliphatic heterocycles. The Morgan fingerprint density at radius 3 is 2.50 bits per heavy atom. The smallest absolute Gasteiger partial charge is 0.173 e. The van der Waals surface area contributed by atoms with Crippen molar-refractivity contribution in [3.8, 4) is 10.7 Å². The van der Waals surface area contributed by atoms with Crippen LogP contribution < -0.4 is 0 Å². The van der Waals surface area contributed by atoms with Crippen molar-refractivity contribution in [3.63, 3.8) is 0 Å². The summed E-state index contributed by atoms with van der Waals surface area (Å²) < 4.78 is 13.7. The first-order valence-corrected chi connectivity index (χ1v) is 7.23. The van der Waals surface area contributed by atoms with Gasteiger partial charge in [-0.1, -0.05) is 11.6 Å². The molecule has 0 bridgehead atoms. The van der Waals surface area contributed by atoms with Crippen LogP contribution in [0.4, 0.5) is 4.39 Å². The summed E-state index contributed by atoms with van der Waals surface area (Å²) in [5, 5.41) is 1.93. The second kappa shape index (κ2) is 4.75. The van der Waals surface area contributed by atoms with E-state index >= 15 is 0 Å². The molecule has 0 aliphatic carbocycles. The molecular weight excluding hydrogens is 297 g/mol. The van der Waals surface area contributed by atoms with Crippen LogP contribution in [0.5, 0.6) is 0 Å². The van der Waals surface area contributed by atoms with Crippen molar-refractivity contribution >= 4 is 33.8 Å². The fourth-order valence-electron chi connectivity index (χ4n) is 2.11. The maximum absolute atomic E-state index is 13.7. The van der Waals surface area contributed by atoms with Crippen molar-refractivity contribution < 1.29 is 4.39 Å². The molecule has 3 aromatic rings. The zero-order chi connectivity index (χ0) is 14.4. The van der Waals surface area contributed by atoms with Gasteiger partial charge in [0, 0.05) is 10.9 Å². The number of aromatic nitrogens is 3. The number of nitrogens with zero attached hydrogens (tertiary/aromatic N) is 3. The van der Waals surface area contributed by atoms with Crippen molar-refractivity contribution in [1.29, 1.82) is 0 Å². The van der Waals surface area contributed by atoms with E-state index in [-0.39, 0.29) is 5.82 Å². The molecule has 102 valence electrons. The number of hydrogen-bond acceptors (Lipinski definition) is 4. The SMILES string of the molecule is Cc1nc(C)c(-c2nc(Cl)c3ccc(F)c(C)c3n2)s1. The van der Waals surface area contributed by atoms with Crippen LogP contribution in [0.3, 0.4) is 0 Å². The first kappa shape index (κ1) is 13.4. The Hall–Kier alpha value is -1.59. The summed E-state index contributed by atoms with van der Waals surface area (Å²) in [7, 11) is 0. The largest absolute Gasteiger partial charge is 0.246 e. The van der Waals surface area contributed by atoms with Crippen molar-refractivity contribution in [1.82, 2.24) is 15.0 Å². The van der Waals surface area contributed by atoms with Gasteiger partial charge in [0.1, 0.15) is 11.0 Å². The number of rotatable bonds is 1. The predicted molar refractivity (Wildman–Crippen MR) is 79.8 cm³/mol. The summed E-state index contributed by atoms with van der Waals surface area (Å²) in [6, 6.07) is 2.99. The van der Waals surface area contributed by atoms with Crippen LogP contribution in [0.15, 0.2) is 12.1 Å². The van der Waals surface area contributed by atoms with Crippen LogP contribution in [-0.2, 0) is 0 Å². The molecule has 6 heteroatoms. The molecule has 3 rings (SSSR count). The third-order valence-electron chi connectivity index (χ3n) is 3.12. The van der Waals surface area contributed by atoms with Gasteiger partial charge in [-0.15, -0.1) is 11.3 Å². The maximum atomic E-state index is 13.7. The Balaban J connectivity index is 2.34. The predicted octanol–water partition coefficient (Wildman–Crippen LogP) is 4.47. The van der Waals surface area contributed by atoms with E-state index in [1.54, 1.807) is 13.0 Å². The maximum Gasteiger partial charge on any atom is 0.173 e. The standard InChI is InChI=1S/C14H11ClFN3S/c1-6-10(16)5-4-9-11(6)18-14(19-13(9)15)12-7(2)17-8(3)20-12/h4-5H,1-3H3. The van der Waals surface area contributed by atoms with E-state index in [0.29, 0.717) is 27.4 Å². The summed E-state index contributed by atoms with van der Waals surface area (Å²) >= 11 is 7.71. The molecule has 3 nitrogen and oxygen atoms in total. The van der Waals surface area contributed by atoms with Gasteiger partial charge in [0.2, 0.25) is 0 Å². The van der Waals surface area contributed by atoms with Gasteiger partial charge < -0.3 is 0 Å². The molecule has 0 radical (unpaired) electrons. The molecule has 0 saturated heterocycles. The Morgan fingerprint density at radius 1 is 1.10 bits per heavy atom. The van der Waals surface area contributed by atoms with E-state index in [0.717, 1.165) is 15.6 Å². The lowest BCUT2D eigenvalue weighted by Crippen LogP contribution is -1.95. The number of fused-ring (bicyclic) bond motifs is 1. The second-order valence-electron chi connectivity index (χ2n) is 4.55. The molecule has 2 aromatic heterocycles. The molecule has 0 atom stereocenters. The average Bonchev–Trinajstić information content (AvgIpc) is 2.73. The minimum absolute atomic E-state index is 0.296. The third-order valence-corrected chi connectivity index (χ3v) is 4.47. The summed E-state index contributed by atoms with van der Waals surface area (Å²) in [5.74, 6) is 0.203. The topological polar surface area (TPSA) is 38.7 Å². The summed E-state index contributed by atoms with van der Waals surface area (Å²) in [5.41, 5.74) is 1.88. The average molecular weight is 308 g/mol. The Kier molecular flexibility index (Phi) is 3.18. The highest BCUT2D eigenvalue weighted by atomic mass is 35.5. The van der Waals surface area contributed by atoms with Crippen LogP contribution in [0.2, 0.25) is 5.15 Å². The van der Waals surface area contributed by atoms with Crippen LogP contribution in [0.25, 0.3) is 21.6 Å². The molecule has 0 amide bonds. The number of aryl methyl sites for hydroxylation is 3. The summed E-state index contributed by atoms with van der Waals surface area (Å²) in [6.07, 6.45) is 0. The lowest BCUT2D eigenvalue weighted by molar-refractivity contribution is 0.620. The van der Waals surface area contributed by atoms with Crippen molar-refractivity contribution in [3.05, 3.63) is 39.4 Å². The zero-order valence-electron chi connectivity index (χ0n) is 11.2. The van der Waals surface area contributed by atoms with Gasteiger partial charge in [0.05, 0.1) is 21.1 Å². The Labute approximate surface area is 124 Å². The lowest BCUT2D eigenvalue weighted by Gasteiger charge is -2.06. The van der Waals surface area contributed by atoms with Crippen molar-refractivity contribution in [2.24, 2.45) is 0 Å². The molecule has 0 unspecified atom stereocenters. The van der Waals surface area contributed by atoms with Gasteiger partial charge >= 0.3 is 0 Å². The molecule has 1 aromatic carbocycles. The first-order valence-electron chi connectivity index (χ1n) is 6.04. The highest BCUT2D eigenvalue weighted by molar-refractivity contribution is 7.15. The molecule has 0 aliphatic rings. The molecular formula is C14H11ClFN3S. The highest BCUT2D eigenvalue weighted by Gasteiger charge is 2.15. The second-order valence-corrected chi connectivity index (χ2v) is 6.12. The van der Waals surface area contributed by atoms with Crippen molar-refractivity contribution in [2.45, 2.75) is 20.8 Å². The number of benzene rings is 1. The molecule has 20 heavy (non-hydrogen) atoms. The van der Waals surface area contributed by atoms with E-state index in [1.165, 1.54) is 17.4 Å². The number of halogens is 2. The molecule has 0 N–H and O–H groups in total. The number of thiazole rings is 1. The van der Waals surface area contributed by atoms with E-state index in [9.17, 15) is 4.39 Å². The fraction of sp³-hybridized carbons (Fsp3) is 0.214. The minimum Gasteiger partial charge on any atom is -0.246 e. The minimum atomic E-state index is -0.296. The monoisotopic (exact) mass is 307 g/mol. The highest BCUT2D eigenvalue weighted by Crippen LogP contribution is 2.31. The van der Waals surface area contributed by atoms with Gasteiger partial charge in [-0.05, 0) is 32.9 Å². The molecule has 2 heterocycles. The number of hydrogen-bond donors (Lipinski definition) is 0. The van der Waals surface area contributed by atoms with E-state index in [2.05, 4.69) is 15.0 Å². The Bertz CT molecular complexity index is 829. The quantitative estimate of drug-likeness (QED) is 0.623. The van der Waals surface area contributed by atoms with Gasteiger partial charge in [-0.3, -0.25) is 0 Å². The lowest BCUT2D eigenvalue weighted by atomic mass is 10.1. The van der Waals surface area contributed by atoms with Gasteiger partial charge in [0.15, 0.2) is 5.82 Å². The third kappa shape index (κ3) is 2.07. The van der Waals surface area contributed by atoms with Crippen LogP contribution in [0, 0.1) is 26.6 Å². The van der Waals surface area contributed by atoms with Crippen molar-refractivity contribution in [2.75, 3.05) is 0 Å².